The van der Waals surface area contributed by atoms with Crippen LogP contribution in [-0.4, -0.2) is 23.4 Å². The van der Waals surface area contributed by atoms with Crippen molar-refractivity contribution in [2.24, 2.45) is 5.73 Å². The summed E-state index contributed by atoms with van der Waals surface area (Å²) in [6.45, 7) is 1.52. The number of amides is 1. The molecule has 1 aromatic heterocycles. The predicted octanol–water partition coefficient (Wildman–Crippen LogP) is 3.59. The fraction of sp³-hybridized carbons (Fsp3) is 0.111. The molecule has 122 valence electrons. The van der Waals surface area contributed by atoms with Crippen molar-refractivity contribution in [1.29, 1.82) is 0 Å². The third-order valence-corrected chi connectivity index (χ3v) is 4.11. The topological polar surface area (TPSA) is 74.3 Å². The molecule has 2 N–H and O–H groups in total. The standard InChI is InChI=1S/C18H15ClN2O3/c1-10(22)15-9-21(16-7-11(19)3-5-13(15)16)12-4-6-14(18(20)23)17(8-12)24-2/h3-9H,1-2H3,(H2,20,23). The minimum Gasteiger partial charge on any atom is -0.496 e. The average Bonchev–Trinajstić information content (AvgIpc) is 2.92. The molecule has 24 heavy (non-hydrogen) atoms. The monoisotopic (exact) mass is 342 g/mol. The number of carbonyl (C=O) groups excluding carboxylic acids is 2. The summed E-state index contributed by atoms with van der Waals surface area (Å²) in [7, 11) is 1.47. The lowest BCUT2D eigenvalue weighted by molar-refractivity contribution is 0.0994. The maximum Gasteiger partial charge on any atom is 0.252 e. The van der Waals surface area contributed by atoms with E-state index in [9.17, 15) is 9.59 Å². The molecule has 1 amide bonds. The lowest BCUT2D eigenvalue weighted by Gasteiger charge is -2.10. The maximum absolute atomic E-state index is 11.9. The Bertz CT molecular complexity index is 976. The van der Waals surface area contributed by atoms with Crippen molar-refractivity contribution in [3.05, 3.63) is 58.7 Å². The Morgan fingerprint density at radius 3 is 2.50 bits per heavy atom. The van der Waals surface area contributed by atoms with Crippen molar-refractivity contribution in [2.75, 3.05) is 7.11 Å². The fourth-order valence-corrected chi connectivity index (χ4v) is 2.89. The molecule has 0 radical (unpaired) electrons. The smallest absolute Gasteiger partial charge is 0.252 e. The number of Topliss-reactive ketones (excluding diaryl/α,β-unsaturated/α-hetero) is 1. The van der Waals surface area contributed by atoms with Crippen LogP contribution in [0.25, 0.3) is 16.6 Å². The van der Waals surface area contributed by atoms with Crippen molar-refractivity contribution in [2.45, 2.75) is 6.92 Å². The van der Waals surface area contributed by atoms with Gasteiger partial charge in [-0.15, -0.1) is 0 Å². The molecule has 0 fully saturated rings. The first kappa shape index (κ1) is 16.1. The molecule has 0 atom stereocenters. The number of ketones is 1. The summed E-state index contributed by atoms with van der Waals surface area (Å²) in [5.74, 6) is -0.238. The zero-order valence-corrected chi connectivity index (χ0v) is 13.9. The number of benzene rings is 2. The van der Waals surface area contributed by atoms with Crippen molar-refractivity contribution >= 4 is 34.2 Å². The second-order valence-electron chi connectivity index (χ2n) is 5.38. The van der Waals surface area contributed by atoms with E-state index in [2.05, 4.69) is 0 Å². The van der Waals surface area contributed by atoms with Crippen LogP contribution < -0.4 is 10.5 Å². The fourth-order valence-electron chi connectivity index (χ4n) is 2.73. The van der Waals surface area contributed by atoms with Gasteiger partial charge in [-0.25, -0.2) is 0 Å². The van der Waals surface area contributed by atoms with Crippen molar-refractivity contribution in [3.8, 4) is 11.4 Å². The summed E-state index contributed by atoms with van der Waals surface area (Å²) in [6, 6.07) is 10.4. The minimum atomic E-state index is -0.566. The molecule has 3 aromatic rings. The molecular formula is C18H15ClN2O3. The minimum absolute atomic E-state index is 0.0400. The summed E-state index contributed by atoms with van der Waals surface area (Å²) in [5, 5.41) is 1.38. The van der Waals surface area contributed by atoms with Gasteiger partial charge in [0.15, 0.2) is 5.78 Å². The quantitative estimate of drug-likeness (QED) is 0.736. The van der Waals surface area contributed by atoms with E-state index in [0.29, 0.717) is 21.9 Å². The van der Waals surface area contributed by atoms with Crippen LogP contribution in [0.15, 0.2) is 42.6 Å². The highest BCUT2D eigenvalue weighted by Crippen LogP contribution is 2.30. The van der Waals surface area contributed by atoms with Gasteiger partial charge in [-0.05, 0) is 31.2 Å². The Balaban J connectivity index is 2.28. The number of halogens is 1. The first-order valence-corrected chi connectivity index (χ1v) is 7.60. The van der Waals surface area contributed by atoms with E-state index >= 15 is 0 Å². The van der Waals surface area contributed by atoms with E-state index in [1.807, 2.05) is 10.6 Å². The van der Waals surface area contributed by atoms with Crippen LogP contribution in [0.4, 0.5) is 0 Å². The summed E-state index contributed by atoms with van der Waals surface area (Å²) in [5.41, 5.74) is 7.76. The second kappa shape index (κ2) is 6.02. The van der Waals surface area contributed by atoms with Crippen LogP contribution in [-0.2, 0) is 0 Å². The Labute approximate surface area is 143 Å². The van der Waals surface area contributed by atoms with E-state index in [1.165, 1.54) is 14.0 Å². The van der Waals surface area contributed by atoms with E-state index < -0.39 is 5.91 Å². The molecule has 1 heterocycles. The number of fused-ring (bicyclic) bond motifs is 1. The maximum atomic E-state index is 11.9. The number of carbonyl (C=O) groups is 2. The van der Waals surface area contributed by atoms with Crippen LogP contribution in [0.3, 0.4) is 0 Å². The Hall–Kier alpha value is -2.79. The van der Waals surface area contributed by atoms with Gasteiger partial charge in [-0.3, -0.25) is 9.59 Å². The van der Waals surface area contributed by atoms with Crippen LogP contribution in [0.1, 0.15) is 27.6 Å². The number of nitrogens with zero attached hydrogens (tertiary/aromatic N) is 1. The number of aromatic nitrogens is 1. The zero-order chi connectivity index (χ0) is 17.4. The lowest BCUT2D eigenvalue weighted by Crippen LogP contribution is -2.12. The highest BCUT2D eigenvalue weighted by Gasteiger charge is 2.16. The van der Waals surface area contributed by atoms with Gasteiger partial charge in [0.2, 0.25) is 0 Å². The largest absolute Gasteiger partial charge is 0.496 e. The van der Waals surface area contributed by atoms with Gasteiger partial charge in [-0.1, -0.05) is 17.7 Å². The summed E-state index contributed by atoms with van der Waals surface area (Å²) >= 11 is 6.11. The van der Waals surface area contributed by atoms with Gasteiger partial charge in [0, 0.05) is 33.9 Å². The summed E-state index contributed by atoms with van der Waals surface area (Å²) in [4.78, 5) is 23.4. The van der Waals surface area contributed by atoms with Crippen LogP contribution in [0, 0.1) is 0 Å². The molecule has 0 saturated carbocycles. The summed E-state index contributed by atoms with van der Waals surface area (Å²) < 4.78 is 7.09. The third kappa shape index (κ3) is 2.63. The molecule has 0 unspecified atom stereocenters. The van der Waals surface area contributed by atoms with Gasteiger partial charge >= 0.3 is 0 Å². The average molecular weight is 343 g/mol. The van der Waals surface area contributed by atoms with Gasteiger partial charge in [0.05, 0.1) is 18.2 Å². The van der Waals surface area contributed by atoms with E-state index in [4.69, 9.17) is 22.1 Å². The highest BCUT2D eigenvalue weighted by molar-refractivity contribution is 6.31. The zero-order valence-electron chi connectivity index (χ0n) is 13.2. The SMILES string of the molecule is COc1cc(-n2cc(C(C)=O)c3ccc(Cl)cc32)ccc1C(N)=O. The first-order valence-electron chi connectivity index (χ1n) is 7.22. The molecule has 5 nitrogen and oxygen atoms in total. The van der Waals surface area contributed by atoms with Gasteiger partial charge in [0.25, 0.3) is 5.91 Å². The molecule has 6 heteroatoms. The van der Waals surface area contributed by atoms with Crippen molar-refractivity contribution in [1.82, 2.24) is 4.57 Å². The molecule has 0 bridgehead atoms. The first-order chi connectivity index (χ1) is 11.4. The molecule has 0 saturated heterocycles. The van der Waals surface area contributed by atoms with Gasteiger partial charge in [-0.2, -0.15) is 0 Å². The van der Waals surface area contributed by atoms with Crippen molar-refractivity contribution in [3.63, 3.8) is 0 Å². The Morgan fingerprint density at radius 1 is 1.12 bits per heavy atom. The van der Waals surface area contributed by atoms with Crippen molar-refractivity contribution < 1.29 is 14.3 Å². The number of nitrogens with two attached hydrogens (primary N) is 1. The van der Waals surface area contributed by atoms with Crippen LogP contribution in [0.2, 0.25) is 5.02 Å². The molecule has 0 aliphatic heterocycles. The highest BCUT2D eigenvalue weighted by atomic mass is 35.5. The molecule has 0 aliphatic rings. The van der Waals surface area contributed by atoms with E-state index in [-0.39, 0.29) is 5.78 Å². The number of primary amides is 1. The molecule has 2 aromatic carbocycles. The Morgan fingerprint density at radius 2 is 1.88 bits per heavy atom. The van der Waals surface area contributed by atoms with Gasteiger partial charge < -0.3 is 15.0 Å². The number of rotatable bonds is 4. The summed E-state index contributed by atoms with van der Waals surface area (Å²) in [6.07, 6.45) is 1.75. The van der Waals surface area contributed by atoms with Crippen LogP contribution in [0.5, 0.6) is 5.75 Å². The Kier molecular flexibility index (Phi) is 4.03. The number of ether oxygens (including phenoxy) is 1. The lowest BCUT2D eigenvalue weighted by atomic mass is 10.1. The predicted molar refractivity (Wildman–Crippen MR) is 93.4 cm³/mol. The van der Waals surface area contributed by atoms with E-state index in [0.717, 1.165) is 16.6 Å². The number of hydrogen-bond acceptors (Lipinski definition) is 3. The number of hydrogen-bond donors (Lipinski definition) is 1. The second-order valence-corrected chi connectivity index (χ2v) is 5.82. The van der Waals surface area contributed by atoms with Gasteiger partial charge in [0.1, 0.15) is 5.75 Å². The third-order valence-electron chi connectivity index (χ3n) is 3.88. The normalized spacial score (nSPS) is 10.8. The number of methoxy groups -OCH3 is 1. The molecular weight excluding hydrogens is 328 g/mol. The molecule has 0 aliphatic carbocycles. The van der Waals surface area contributed by atoms with Crippen LogP contribution >= 0.6 is 11.6 Å². The molecule has 0 spiro atoms. The van der Waals surface area contributed by atoms with E-state index in [1.54, 1.807) is 36.5 Å². The molecule has 3 rings (SSSR count).